The molecule has 0 aliphatic carbocycles. The minimum atomic E-state index is 0.0833. The Hall–Kier alpha value is -1.77. The second kappa shape index (κ2) is 9.65. The molecule has 0 radical (unpaired) electrons. The smallest absolute Gasteiger partial charge is 0.226 e. The number of hydrogen-bond donors (Lipinski definition) is 1. The molecular weight excluding hydrogens is 340 g/mol. The second-order valence-electron chi connectivity index (χ2n) is 6.00. The van der Waals surface area contributed by atoms with E-state index in [0.29, 0.717) is 31.0 Å². The first-order chi connectivity index (χ1) is 12.3. The first kappa shape index (κ1) is 18.0. The monoisotopic (exact) mass is 364 g/mol. The van der Waals surface area contributed by atoms with Gasteiger partial charge in [-0.2, -0.15) is 4.98 Å². The van der Waals surface area contributed by atoms with Crippen molar-refractivity contribution in [2.75, 3.05) is 39.4 Å². The minimum Gasteiger partial charge on any atom is -0.379 e. The van der Waals surface area contributed by atoms with E-state index >= 15 is 0 Å². The Morgan fingerprint density at radius 1 is 1.32 bits per heavy atom. The molecule has 1 fully saturated rings. The van der Waals surface area contributed by atoms with E-state index in [9.17, 15) is 4.79 Å². The summed E-state index contributed by atoms with van der Waals surface area (Å²) in [5.74, 6) is 1.29. The molecule has 0 aromatic carbocycles. The molecule has 1 amide bonds. The van der Waals surface area contributed by atoms with Gasteiger partial charge in [-0.15, -0.1) is 11.3 Å². The molecular formula is C17H24N4O3S. The van der Waals surface area contributed by atoms with Crippen molar-refractivity contribution in [3.8, 4) is 10.7 Å². The van der Waals surface area contributed by atoms with Gasteiger partial charge in [-0.3, -0.25) is 9.69 Å². The lowest BCUT2D eigenvalue weighted by atomic mass is 10.2. The van der Waals surface area contributed by atoms with E-state index in [0.717, 1.165) is 50.7 Å². The third-order valence-corrected chi connectivity index (χ3v) is 4.95. The number of aryl methyl sites for hydroxylation is 1. The highest BCUT2D eigenvalue weighted by molar-refractivity contribution is 7.13. The van der Waals surface area contributed by atoms with Crippen molar-refractivity contribution in [3.63, 3.8) is 0 Å². The van der Waals surface area contributed by atoms with Crippen molar-refractivity contribution >= 4 is 17.2 Å². The van der Waals surface area contributed by atoms with Gasteiger partial charge in [0.25, 0.3) is 0 Å². The maximum atomic E-state index is 11.9. The molecule has 25 heavy (non-hydrogen) atoms. The molecule has 8 heteroatoms. The fourth-order valence-electron chi connectivity index (χ4n) is 2.71. The standard InChI is InChI=1S/C17H24N4O3S/c22-15(18-7-3-8-21-9-11-23-12-10-21)5-1-6-16-19-17(20-24-16)14-4-2-13-25-14/h2,4,13H,1,3,5-12H2,(H,18,22). The number of carbonyl (C=O) groups excluding carboxylic acids is 1. The van der Waals surface area contributed by atoms with Crippen LogP contribution in [-0.4, -0.2) is 60.3 Å². The summed E-state index contributed by atoms with van der Waals surface area (Å²) in [6.07, 6.45) is 2.79. The Kier molecular flexibility index (Phi) is 6.96. The molecule has 2 aromatic rings. The molecule has 3 heterocycles. The number of rotatable bonds is 9. The maximum absolute atomic E-state index is 11.9. The van der Waals surface area contributed by atoms with E-state index < -0.39 is 0 Å². The zero-order valence-electron chi connectivity index (χ0n) is 14.3. The molecule has 1 aliphatic rings. The maximum Gasteiger partial charge on any atom is 0.226 e. The van der Waals surface area contributed by atoms with E-state index in [2.05, 4.69) is 20.4 Å². The number of morpholine rings is 1. The van der Waals surface area contributed by atoms with Gasteiger partial charge in [0.05, 0.1) is 18.1 Å². The second-order valence-corrected chi connectivity index (χ2v) is 6.95. The summed E-state index contributed by atoms with van der Waals surface area (Å²) in [5.41, 5.74) is 0. The first-order valence-electron chi connectivity index (χ1n) is 8.74. The largest absolute Gasteiger partial charge is 0.379 e. The number of aromatic nitrogens is 2. The molecule has 3 rings (SSSR count). The quantitative estimate of drug-likeness (QED) is 0.685. The summed E-state index contributed by atoms with van der Waals surface area (Å²) in [5, 5.41) is 8.93. The normalized spacial score (nSPS) is 15.4. The average Bonchev–Trinajstić information content (AvgIpc) is 3.31. The SMILES string of the molecule is O=C(CCCc1nc(-c2cccs2)no1)NCCCN1CCOCC1. The Morgan fingerprint density at radius 3 is 3.00 bits per heavy atom. The van der Waals surface area contributed by atoms with Crippen molar-refractivity contribution in [3.05, 3.63) is 23.4 Å². The minimum absolute atomic E-state index is 0.0833. The molecule has 2 aromatic heterocycles. The number of thiophene rings is 1. The van der Waals surface area contributed by atoms with Crippen LogP contribution in [-0.2, 0) is 16.0 Å². The lowest BCUT2D eigenvalue weighted by Crippen LogP contribution is -2.38. The van der Waals surface area contributed by atoms with E-state index in [-0.39, 0.29) is 5.91 Å². The lowest BCUT2D eigenvalue weighted by molar-refractivity contribution is -0.121. The molecule has 1 saturated heterocycles. The summed E-state index contributed by atoms with van der Waals surface area (Å²) >= 11 is 1.58. The molecule has 136 valence electrons. The van der Waals surface area contributed by atoms with Gasteiger partial charge in [-0.05, 0) is 30.8 Å². The van der Waals surface area contributed by atoms with E-state index in [1.165, 1.54) is 0 Å². The first-order valence-corrected chi connectivity index (χ1v) is 9.62. The fraction of sp³-hybridized carbons (Fsp3) is 0.588. The summed E-state index contributed by atoms with van der Waals surface area (Å²) in [7, 11) is 0. The van der Waals surface area contributed by atoms with Crippen LogP contribution in [0, 0.1) is 0 Å². The Labute approximate surface area is 151 Å². The van der Waals surface area contributed by atoms with Crippen LogP contribution in [0.3, 0.4) is 0 Å². The van der Waals surface area contributed by atoms with Crippen LogP contribution >= 0.6 is 11.3 Å². The molecule has 1 N–H and O–H groups in total. The predicted molar refractivity (Wildman–Crippen MR) is 95.4 cm³/mol. The molecule has 0 spiro atoms. The molecule has 1 aliphatic heterocycles. The third-order valence-electron chi connectivity index (χ3n) is 4.08. The van der Waals surface area contributed by atoms with E-state index in [1.807, 2.05) is 17.5 Å². The average molecular weight is 364 g/mol. The van der Waals surface area contributed by atoms with Crippen LogP contribution in [0.2, 0.25) is 0 Å². The molecule has 0 atom stereocenters. The van der Waals surface area contributed by atoms with Gasteiger partial charge < -0.3 is 14.6 Å². The Bertz CT molecular complexity index is 638. The van der Waals surface area contributed by atoms with Gasteiger partial charge >= 0.3 is 0 Å². The van der Waals surface area contributed by atoms with Crippen LogP contribution < -0.4 is 5.32 Å². The molecule has 0 saturated carbocycles. The number of nitrogens with zero attached hydrogens (tertiary/aromatic N) is 3. The van der Waals surface area contributed by atoms with E-state index in [1.54, 1.807) is 11.3 Å². The number of hydrogen-bond acceptors (Lipinski definition) is 7. The van der Waals surface area contributed by atoms with Crippen molar-refractivity contribution in [2.24, 2.45) is 0 Å². The predicted octanol–water partition coefficient (Wildman–Crippen LogP) is 1.96. The third kappa shape index (κ3) is 5.91. The van der Waals surface area contributed by atoms with Gasteiger partial charge in [-0.1, -0.05) is 11.2 Å². The number of ether oxygens (including phenoxy) is 1. The topological polar surface area (TPSA) is 80.5 Å². The molecule has 7 nitrogen and oxygen atoms in total. The fourth-order valence-corrected chi connectivity index (χ4v) is 3.36. The van der Waals surface area contributed by atoms with Gasteiger partial charge in [0, 0.05) is 32.5 Å². The van der Waals surface area contributed by atoms with Gasteiger partial charge in [0.15, 0.2) is 0 Å². The highest BCUT2D eigenvalue weighted by Gasteiger charge is 2.11. The summed E-state index contributed by atoms with van der Waals surface area (Å²) in [6.45, 7) is 5.35. The van der Waals surface area contributed by atoms with Crippen LogP contribution in [0.5, 0.6) is 0 Å². The zero-order valence-corrected chi connectivity index (χ0v) is 15.1. The lowest BCUT2D eigenvalue weighted by Gasteiger charge is -2.26. The van der Waals surface area contributed by atoms with Gasteiger partial charge in [-0.25, -0.2) is 0 Å². The van der Waals surface area contributed by atoms with Gasteiger partial charge in [0.2, 0.25) is 17.6 Å². The van der Waals surface area contributed by atoms with Crippen LogP contribution in [0.25, 0.3) is 10.7 Å². The highest BCUT2D eigenvalue weighted by atomic mass is 32.1. The van der Waals surface area contributed by atoms with Crippen LogP contribution in [0.4, 0.5) is 0 Å². The summed E-state index contributed by atoms with van der Waals surface area (Å²) < 4.78 is 10.6. The number of carbonyl (C=O) groups is 1. The van der Waals surface area contributed by atoms with E-state index in [4.69, 9.17) is 9.26 Å². The van der Waals surface area contributed by atoms with Crippen LogP contribution in [0.1, 0.15) is 25.2 Å². The van der Waals surface area contributed by atoms with Crippen molar-refractivity contribution in [2.45, 2.75) is 25.7 Å². The summed E-state index contributed by atoms with van der Waals surface area (Å²) in [6, 6.07) is 3.92. The Balaban J connectivity index is 1.26. The number of nitrogens with one attached hydrogen (secondary N) is 1. The van der Waals surface area contributed by atoms with Crippen molar-refractivity contribution in [1.82, 2.24) is 20.4 Å². The highest BCUT2D eigenvalue weighted by Crippen LogP contribution is 2.21. The molecule has 0 bridgehead atoms. The number of amides is 1. The Morgan fingerprint density at radius 2 is 2.20 bits per heavy atom. The van der Waals surface area contributed by atoms with Gasteiger partial charge in [0.1, 0.15) is 0 Å². The zero-order chi connectivity index (χ0) is 17.3. The van der Waals surface area contributed by atoms with Crippen molar-refractivity contribution in [1.29, 1.82) is 0 Å². The van der Waals surface area contributed by atoms with Crippen molar-refractivity contribution < 1.29 is 14.1 Å². The summed E-state index contributed by atoms with van der Waals surface area (Å²) in [4.78, 5) is 19.6. The van der Waals surface area contributed by atoms with Crippen LogP contribution in [0.15, 0.2) is 22.0 Å². The molecule has 0 unspecified atom stereocenters.